The largest absolute Gasteiger partial charge is 0.339 e. The van der Waals surface area contributed by atoms with E-state index in [-0.39, 0.29) is 17.7 Å². The average Bonchev–Trinajstić information content (AvgIpc) is 2.85. The van der Waals surface area contributed by atoms with Gasteiger partial charge in [0.05, 0.1) is 5.69 Å². The van der Waals surface area contributed by atoms with E-state index in [1.54, 1.807) is 0 Å². The summed E-state index contributed by atoms with van der Waals surface area (Å²) in [5.41, 5.74) is 3.41. The second kappa shape index (κ2) is 8.69. The maximum atomic E-state index is 12.6. The molecule has 6 nitrogen and oxygen atoms in total. The van der Waals surface area contributed by atoms with Crippen molar-refractivity contribution in [2.45, 2.75) is 60.9 Å². The van der Waals surface area contributed by atoms with Gasteiger partial charge in [0.1, 0.15) is 0 Å². The molecule has 1 aromatic heterocycles. The Balaban J connectivity index is 1.88. The third-order valence-corrected chi connectivity index (χ3v) is 5.10. The number of carbonyl (C=O) groups excluding carboxylic acids is 2. The molecule has 0 atom stereocenters. The number of aryl methyl sites for hydroxylation is 1. The average molecular weight is 363 g/mol. The SMILES string of the molecule is Cc1nn(CC(C)C)c(C)c1CCC(=O)N1CCN(C(=O)C(C)C)CC1. The highest BCUT2D eigenvalue weighted by atomic mass is 16.2. The molecule has 0 N–H and O–H groups in total. The van der Waals surface area contributed by atoms with Crippen molar-refractivity contribution in [1.82, 2.24) is 19.6 Å². The number of rotatable bonds is 6. The number of aromatic nitrogens is 2. The van der Waals surface area contributed by atoms with Gasteiger partial charge in [0.15, 0.2) is 0 Å². The van der Waals surface area contributed by atoms with E-state index in [1.165, 1.54) is 11.3 Å². The fourth-order valence-electron chi connectivity index (χ4n) is 3.55. The van der Waals surface area contributed by atoms with Gasteiger partial charge in [-0.05, 0) is 31.7 Å². The summed E-state index contributed by atoms with van der Waals surface area (Å²) >= 11 is 0. The van der Waals surface area contributed by atoms with Crippen LogP contribution in [0.4, 0.5) is 0 Å². The van der Waals surface area contributed by atoms with Crippen molar-refractivity contribution >= 4 is 11.8 Å². The Morgan fingerprint density at radius 2 is 1.58 bits per heavy atom. The van der Waals surface area contributed by atoms with Gasteiger partial charge in [-0.1, -0.05) is 27.7 Å². The molecule has 0 aromatic carbocycles. The number of hydrogen-bond donors (Lipinski definition) is 0. The van der Waals surface area contributed by atoms with Crippen molar-refractivity contribution in [3.8, 4) is 0 Å². The van der Waals surface area contributed by atoms with Crippen LogP contribution in [0.1, 0.15) is 51.1 Å². The lowest BCUT2D eigenvalue weighted by atomic mass is 10.1. The Bertz CT molecular complexity index is 640. The Labute approximate surface area is 157 Å². The van der Waals surface area contributed by atoms with Crippen molar-refractivity contribution in [2.75, 3.05) is 26.2 Å². The van der Waals surface area contributed by atoms with Crippen molar-refractivity contribution in [2.24, 2.45) is 11.8 Å². The fraction of sp³-hybridized carbons (Fsp3) is 0.750. The highest BCUT2D eigenvalue weighted by Gasteiger charge is 2.25. The predicted octanol–water partition coefficient (Wildman–Crippen LogP) is 2.42. The van der Waals surface area contributed by atoms with E-state index in [2.05, 4.69) is 30.6 Å². The molecule has 6 heteroatoms. The summed E-state index contributed by atoms with van der Waals surface area (Å²) in [6.45, 7) is 15.8. The van der Waals surface area contributed by atoms with Gasteiger partial charge < -0.3 is 9.80 Å². The van der Waals surface area contributed by atoms with Crippen LogP contribution in [0.3, 0.4) is 0 Å². The molecular formula is C20H34N4O2. The lowest BCUT2D eigenvalue weighted by molar-refractivity contribution is -0.141. The minimum Gasteiger partial charge on any atom is -0.339 e. The number of amides is 2. The zero-order chi connectivity index (χ0) is 19.4. The molecule has 146 valence electrons. The zero-order valence-corrected chi connectivity index (χ0v) is 17.2. The van der Waals surface area contributed by atoms with Crippen molar-refractivity contribution < 1.29 is 9.59 Å². The summed E-state index contributed by atoms with van der Waals surface area (Å²) in [6.07, 6.45) is 1.24. The molecule has 1 fully saturated rings. The van der Waals surface area contributed by atoms with Gasteiger partial charge in [-0.2, -0.15) is 5.10 Å². The fourth-order valence-corrected chi connectivity index (χ4v) is 3.55. The lowest BCUT2D eigenvalue weighted by Crippen LogP contribution is -2.51. The standard InChI is InChI=1S/C20H34N4O2/c1-14(2)13-24-17(6)18(16(5)21-24)7-8-19(25)22-9-11-23(12-10-22)20(26)15(3)4/h14-15H,7-13H2,1-6H3. The van der Waals surface area contributed by atoms with E-state index in [0.717, 1.165) is 18.7 Å². The molecule has 0 saturated carbocycles. The number of piperazine rings is 1. The van der Waals surface area contributed by atoms with E-state index in [0.29, 0.717) is 38.5 Å². The second-order valence-corrected chi connectivity index (χ2v) is 8.09. The van der Waals surface area contributed by atoms with Crippen LogP contribution < -0.4 is 0 Å². The molecule has 1 saturated heterocycles. The van der Waals surface area contributed by atoms with Gasteiger partial charge in [0.25, 0.3) is 0 Å². The van der Waals surface area contributed by atoms with Gasteiger partial charge in [0.2, 0.25) is 11.8 Å². The van der Waals surface area contributed by atoms with Gasteiger partial charge >= 0.3 is 0 Å². The highest BCUT2D eigenvalue weighted by Crippen LogP contribution is 2.17. The first kappa shape index (κ1) is 20.5. The Kier molecular flexibility index (Phi) is 6.84. The van der Waals surface area contributed by atoms with Crippen LogP contribution in [0.2, 0.25) is 0 Å². The summed E-state index contributed by atoms with van der Waals surface area (Å²) in [6, 6.07) is 0. The van der Waals surface area contributed by atoms with Crippen LogP contribution in [-0.2, 0) is 22.6 Å². The maximum absolute atomic E-state index is 12.6. The molecule has 2 amide bonds. The van der Waals surface area contributed by atoms with E-state index >= 15 is 0 Å². The summed E-state index contributed by atoms with van der Waals surface area (Å²) in [5.74, 6) is 0.927. The summed E-state index contributed by atoms with van der Waals surface area (Å²) in [5, 5.41) is 4.63. The number of hydrogen-bond acceptors (Lipinski definition) is 3. The first-order valence-corrected chi connectivity index (χ1v) is 9.80. The molecule has 1 aliphatic heterocycles. The monoisotopic (exact) mass is 362 g/mol. The quantitative estimate of drug-likeness (QED) is 0.781. The molecule has 0 spiro atoms. The van der Waals surface area contributed by atoms with Crippen molar-refractivity contribution in [1.29, 1.82) is 0 Å². The van der Waals surface area contributed by atoms with Gasteiger partial charge in [-0.25, -0.2) is 0 Å². The van der Waals surface area contributed by atoms with E-state index < -0.39 is 0 Å². The third kappa shape index (κ3) is 4.86. The first-order valence-electron chi connectivity index (χ1n) is 9.80. The van der Waals surface area contributed by atoms with Crippen molar-refractivity contribution in [3.63, 3.8) is 0 Å². The van der Waals surface area contributed by atoms with Crippen LogP contribution in [0.15, 0.2) is 0 Å². The summed E-state index contributed by atoms with van der Waals surface area (Å²) in [4.78, 5) is 28.4. The second-order valence-electron chi connectivity index (χ2n) is 8.09. The van der Waals surface area contributed by atoms with Gasteiger partial charge in [0, 0.05) is 50.8 Å². The lowest BCUT2D eigenvalue weighted by Gasteiger charge is -2.35. The summed E-state index contributed by atoms with van der Waals surface area (Å²) in [7, 11) is 0. The van der Waals surface area contributed by atoms with E-state index in [1.807, 2.05) is 30.6 Å². The van der Waals surface area contributed by atoms with Crippen LogP contribution in [0.25, 0.3) is 0 Å². The van der Waals surface area contributed by atoms with Crippen LogP contribution in [-0.4, -0.2) is 57.6 Å². The van der Waals surface area contributed by atoms with Crippen molar-refractivity contribution in [3.05, 3.63) is 17.0 Å². The Morgan fingerprint density at radius 3 is 2.12 bits per heavy atom. The van der Waals surface area contributed by atoms with Crippen LogP contribution in [0.5, 0.6) is 0 Å². The first-order chi connectivity index (χ1) is 12.2. The smallest absolute Gasteiger partial charge is 0.225 e. The number of carbonyl (C=O) groups is 2. The molecule has 2 rings (SSSR count). The summed E-state index contributed by atoms with van der Waals surface area (Å²) < 4.78 is 2.07. The zero-order valence-electron chi connectivity index (χ0n) is 17.2. The van der Waals surface area contributed by atoms with Gasteiger partial charge in [-0.3, -0.25) is 14.3 Å². The minimum atomic E-state index is 0.0191. The van der Waals surface area contributed by atoms with Crippen LogP contribution >= 0.6 is 0 Å². The molecule has 1 aliphatic rings. The van der Waals surface area contributed by atoms with E-state index in [4.69, 9.17) is 0 Å². The molecular weight excluding hydrogens is 328 g/mol. The Morgan fingerprint density at radius 1 is 1.00 bits per heavy atom. The number of nitrogens with zero attached hydrogens (tertiary/aromatic N) is 4. The molecule has 2 heterocycles. The topological polar surface area (TPSA) is 58.4 Å². The Hall–Kier alpha value is -1.85. The molecule has 0 bridgehead atoms. The molecule has 26 heavy (non-hydrogen) atoms. The third-order valence-electron chi connectivity index (χ3n) is 5.10. The molecule has 1 aromatic rings. The predicted molar refractivity (Wildman–Crippen MR) is 103 cm³/mol. The van der Waals surface area contributed by atoms with Gasteiger partial charge in [-0.15, -0.1) is 0 Å². The molecule has 0 unspecified atom stereocenters. The highest BCUT2D eigenvalue weighted by molar-refractivity contribution is 5.79. The molecule has 0 radical (unpaired) electrons. The molecule has 0 aliphatic carbocycles. The van der Waals surface area contributed by atoms with Crippen LogP contribution in [0, 0.1) is 25.7 Å². The van der Waals surface area contributed by atoms with E-state index in [9.17, 15) is 9.59 Å². The normalized spacial score (nSPS) is 15.2. The minimum absolute atomic E-state index is 0.0191. The maximum Gasteiger partial charge on any atom is 0.225 e.